The summed E-state index contributed by atoms with van der Waals surface area (Å²) in [6.45, 7) is 3.89. The third-order valence-electron chi connectivity index (χ3n) is 4.38. The molecule has 3 atom stereocenters. The predicted octanol–water partition coefficient (Wildman–Crippen LogP) is 1.54. The summed E-state index contributed by atoms with van der Waals surface area (Å²) < 4.78 is 5.09. The van der Waals surface area contributed by atoms with Gasteiger partial charge in [0.05, 0.1) is 18.4 Å². The van der Waals surface area contributed by atoms with Crippen molar-refractivity contribution in [3.8, 4) is 0 Å². The molecule has 1 unspecified atom stereocenters. The van der Waals surface area contributed by atoms with E-state index in [0.717, 1.165) is 6.42 Å². The zero-order valence-electron chi connectivity index (χ0n) is 12.2. The average molecular weight is 281 g/mol. The van der Waals surface area contributed by atoms with Crippen molar-refractivity contribution in [3.63, 3.8) is 0 Å². The maximum Gasteiger partial charge on any atom is 0.307 e. The molecule has 5 heteroatoms. The van der Waals surface area contributed by atoms with Gasteiger partial charge in [-0.25, -0.2) is 0 Å². The van der Waals surface area contributed by atoms with E-state index in [-0.39, 0.29) is 11.8 Å². The highest BCUT2D eigenvalue weighted by molar-refractivity contribution is 5.85. The number of ether oxygens (including phenoxy) is 1. The van der Waals surface area contributed by atoms with Crippen LogP contribution < -0.4 is 0 Å². The van der Waals surface area contributed by atoms with Gasteiger partial charge in [0.1, 0.15) is 0 Å². The fourth-order valence-electron chi connectivity index (χ4n) is 3.30. The molecule has 0 spiro atoms. The second kappa shape index (κ2) is 6.39. The minimum absolute atomic E-state index is 0.00877. The van der Waals surface area contributed by atoms with Crippen LogP contribution in [0.3, 0.4) is 0 Å². The summed E-state index contributed by atoms with van der Waals surface area (Å²) in [6.07, 6.45) is 4.16. The van der Waals surface area contributed by atoms with Crippen LogP contribution in [0.15, 0.2) is 11.6 Å². The standard InChI is InChI=1S/C15H23NO4/c1-10-7-12(13(8-10)15(18)19)14(17)16-5-3-11(4-6-16)9-20-2/h3,10,12-13H,4-9H2,1-2H3,(H,18,19)/t10?,12-,13+/m0/s1. The number of hydrogen-bond donors (Lipinski definition) is 1. The molecule has 0 radical (unpaired) electrons. The molecular formula is C15H23NO4. The molecule has 1 heterocycles. The fraction of sp³-hybridized carbons (Fsp3) is 0.733. The molecule has 1 aliphatic carbocycles. The van der Waals surface area contributed by atoms with Gasteiger partial charge in [-0.1, -0.05) is 13.0 Å². The summed E-state index contributed by atoms with van der Waals surface area (Å²) in [5, 5.41) is 9.26. The molecule has 0 saturated heterocycles. The number of rotatable bonds is 4. The lowest BCUT2D eigenvalue weighted by Gasteiger charge is -2.30. The first kappa shape index (κ1) is 15.0. The van der Waals surface area contributed by atoms with Gasteiger partial charge in [-0.15, -0.1) is 0 Å². The first-order chi connectivity index (χ1) is 9.52. The number of hydrogen-bond acceptors (Lipinski definition) is 3. The zero-order chi connectivity index (χ0) is 14.7. The van der Waals surface area contributed by atoms with E-state index in [1.165, 1.54) is 5.57 Å². The second-order valence-corrected chi connectivity index (χ2v) is 5.96. The van der Waals surface area contributed by atoms with Crippen LogP contribution in [0.25, 0.3) is 0 Å². The Labute approximate surface area is 119 Å². The van der Waals surface area contributed by atoms with Gasteiger partial charge in [-0.2, -0.15) is 0 Å². The Morgan fingerprint density at radius 3 is 2.65 bits per heavy atom. The number of carboxylic acid groups (broad SMARTS) is 1. The lowest BCUT2D eigenvalue weighted by molar-refractivity contribution is -0.149. The van der Waals surface area contributed by atoms with Crippen molar-refractivity contribution in [3.05, 3.63) is 11.6 Å². The van der Waals surface area contributed by atoms with Crippen LogP contribution in [-0.4, -0.2) is 48.7 Å². The number of methoxy groups -OCH3 is 1. The van der Waals surface area contributed by atoms with Crippen molar-refractivity contribution in [2.75, 3.05) is 26.8 Å². The first-order valence-electron chi connectivity index (χ1n) is 7.21. The van der Waals surface area contributed by atoms with Gasteiger partial charge in [0.15, 0.2) is 0 Å². The minimum atomic E-state index is -0.833. The van der Waals surface area contributed by atoms with Crippen molar-refractivity contribution < 1.29 is 19.4 Å². The number of carbonyl (C=O) groups excluding carboxylic acids is 1. The Hall–Kier alpha value is -1.36. The average Bonchev–Trinajstić information content (AvgIpc) is 2.81. The fourth-order valence-corrected chi connectivity index (χ4v) is 3.30. The van der Waals surface area contributed by atoms with Crippen molar-refractivity contribution >= 4 is 11.9 Å². The van der Waals surface area contributed by atoms with E-state index in [4.69, 9.17) is 4.74 Å². The molecular weight excluding hydrogens is 258 g/mol. The van der Waals surface area contributed by atoms with E-state index in [2.05, 4.69) is 0 Å². The number of aliphatic carboxylic acids is 1. The first-order valence-corrected chi connectivity index (χ1v) is 7.21. The summed E-state index contributed by atoms with van der Waals surface area (Å²) in [7, 11) is 1.66. The van der Waals surface area contributed by atoms with E-state index in [1.807, 2.05) is 13.0 Å². The zero-order valence-corrected chi connectivity index (χ0v) is 12.2. The SMILES string of the molecule is COCC1=CCN(C(=O)[C@H]2CC(C)C[C@H]2C(=O)O)CC1. The van der Waals surface area contributed by atoms with E-state index in [1.54, 1.807) is 12.0 Å². The molecule has 20 heavy (non-hydrogen) atoms. The molecule has 1 amide bonds. The maximum atomic E-state index is 12.5. The molecule has 112 valence electrons. The quantitative estimate of drug-likeness (QED) is 0.794. The molecule has 1 aliphatic heterocycles. The van der Waals surface area contributed by atoms with E-state index >= 15 is 0 Å². The molecule has 2 aliphatic rings. The van der Waals surface area contributed by atoms with Crippen molar-refractivity contribution in [2.24, 2.45) is 17.8 Å². The van der Waals surface area contributed by atoms with Crippen molar-refractivity contribution in [2.45, 2.75) is 26.2 Å². The highest BCUT2D eigenvalue weighted by Gasteiger charge is 2.42. The molecule has 5 nitrogen and oxygen atoms in total. The summed E-state index contributed by atoms with van der Waals surface area (Å²) in [4.78, 5) is 25.6. The Morgan fingerprint density at radius 2 is 2.10 bits per heavy atom. The van der Waals surface area contributed by atoms with E-state index < -0.39 is 11.9 Å². The highest BCUT2D eigenvalue weighted by Crippen LogP contribution is 2.37. The van der Waals surface area contributed by atoms with Crippen LogP contribution in [0.5, 0.6) is 0 Å². The summed E-state index contributed by atoms with van der Waals surface area (Å²) in [5.41, 5.74) is 1.21. The third-order valence-corrected chi connectivity index (χ3v) is 4.38. The van der Waals surface area contributed by atoms with Crippen LogP contribution in [0.1, 0.15) is 26.2 Å². The lowest BCUT2D eigenvalue weighted by Crippen LogP contribution is -2.41. The topological polar surface area (TPSA) is 66.8 Å². The number of nitrogens with zero attached hydrogens (tertiary/aromatic N) is 1. The maximum absolute atomic E-state index is 12.5. The van der Waals surface area contributed by atoms with Gasteiger partial charge in [0.2, 0.25) is 5.91 Å². The molecule has 0 aromatic rings. The Kier molecular flexibility index (Phi) is 4.81. The van der Waals surface area contributed by atoms with Crippen LogP contribution >= 0.6 is 0 Å². The number of amides is 1. The van der Waals surface area contributed by atoms with Gasteiger partial charge in [-0.3, -0.25) is 9.59 Å². The Balaban J connectivity index is 1.99. The van der Waals surface area contributed by atoms with E-state index in [0.29, 0.717) is 38.5 Å². The number of carboxylic acids is 1. The predicted molar refractivity (Wildman–Crippen MR) is 74.2 cm³/mol. The molecule has 1 saturated carbocycles. The smallest absolute Gasteiger partial charge is 0.307 e. The molecule has 1 fully saturated rings. The van der Waals surface area contributed by atoms with Gasteiger partial charge in [0, 0.05) is 20.2 Å². The van der Waals surface area contributed by atoms with Gasteiger partial charge in [0.25, 0.3) is 0 Å². The summed E-state index contributed by atoms with van der Waals surface area (Å²) in [5.74, 6) is -1.37. The van der Waals surface area contributed by atoms with Gasteiger partial charge < -0.3 is 14.7 Å². The van der Waals surface area contributed by atoms with Crippen LogP contribution in [0.2, 0.25) is 0 Å². The molecule has 1 N–H and O–H groups in total. The monoisotopic (exact) mass is 281 g/mol. The minimum Gasteiger partial charge on any atom is -0.481 e. The molecule has 0 aromatic carbocycles. The normalized spacial score (nSPS) is 30.2. The Bertz CT molecular complexity index is 418. The largest absolute Gasteiger partial charge is 0.481 e. The highest BCUT2D eigenvalue weighted by atomic mass is 16.5. The third kappa shape index (κ3) is 3.20. The molecule has 0 bridgehead atoms. The summed E-state index contributed by atoms with van der Waals surface area (Å²) in [6, 6.07) is 0. The second-order valence-electron chi connectivity index (χ2n) is 5.96. The Morgan fingerprint density at radius 1 is 1.40 bits per heavy atom. The van der Waals surface area contributed by atoms with Crippen LogP contribution in [0.4, 0.5) is 0 Å². The van der Waals surface area contributed by atoms with Crippen LogP contribution in [0, 0.1) is 17.8 Å². The number of carbonyl (C=O) groups is 2. The van der Waals surface area contributed by atoms with Gasteiger partial charge in [-0.05, 0) is 30.8 Å². The van der Waals surface area contributed by atoms with Crippen molar-refractivity contribution in [1.29, 1.82) is 0 Å². The van der Waals surface area contributed by atoms with Crippen LogP contribution in [-0.2, 0) is 14.3 Å². The molecule has 0 aromatic heterocycles. The van der Waals surface area contributed by atoms with Gasteiger partial charge >= 0.3 is 5.97 Å². The summed E-state index contributed by atoms with van der Waals surface area (Å²) >= 11 is 0. The van der Waals surface area contributed by atoms with Crippen molar-refractivity contribution in [1.82, 2.24) is 4.90 Å². The lowest BCUT2D eigenvalue weighted by atomic mass is 9.94. The van der Waals surface area contributed by atoms with E-state index in [9.17, 15) is 14.7 Å². The molecule has 2 rings (SSSR count).